The van der Waals surface area contributed by atoms with Gasteiger partial charge in [0.1, 0.15) is 17.8 Å². The maximum absolute atomic E-state index is 12.0. The summed E-state index contributed by atoms with van der Waals surface area (Å²) in [6, 6.07) is 17.5. The highest BCUT2D eigenvalue weighted by atomic mass is 16.1. The molecule has 0 fully saturated rings. The molecule has 8 nitrogen and oxygen atoms in total. The molecule has 168 valence electrons. The Morgan fingerprint density at radius 3 is 2.47 bits per heavy atom. The van der Waals surface area contributed by atoms with Gasteiger partial charge in [-0.1, -0.05) is 36.9 Å². The third-order valence-corrected chi connectivity index (χ3v) is 5.69. The summed E-state index contributed by atoms with van der Waals surface area (Å²) in [6.45, 7) is 5.35. The van der Waals surface area contributed by atoms with E-state index in [9.17, 15) is 4.79 Å². The molecule has 0 radical (unpaired) electrons. The standard InChI is InChI=1S/C26H23N7O/c1-16(2)26(34)31-19-11-9-17(10-12-19)23-21(22-24(27)28-15-29-25(22)32(23)3)18-13-30-33(14-18)20-7-5-4-6-8-20/h4-15H,1H2,2-3H3,(H,31,34)(H2,27,28,29). The molecular formula is C26H23N7O. The molecule has 0 saturated carbocycles. The fourth-order valence-electron chi connectivity index (χ4n) is 4.02. The van der Waals surface area contributed by atoms with E-state index in [1.165, 1.54) is 6.33 Å². The van der Waals surface area contributed by atoms with Crippen molar-refractivity contribution in [3.05, 3.63) is 85.5 Å². The van der Waals surface area contributed by atoms with Crippen LogP contribution in [-0.2, 0) is 11.8 Å². The van der Waals surface area contributed by atoms with Crippen molar-refractivity contribution >= 4 is 28.4 Å². The van der Waals surface area contributed by atoms with Crippen molar-refractivity contribution in [3.8, 4) is 28.1 Å². The van der Waals surface area contributed by atoms with Gasteiger partial charge < -0.3 is 15.6 Å². The van der Waals surface area contributed by atoms with E-state index in [0.717, 1.165) is 39.1 Å². The number of nitrogens with two attached hydrogens (primary N) is 1. The summed E-state index contributed by atoms with van der Waals surface area (Å²) in [6.07, 6.45) is 5.26. The number of anilines is 2. The summed E-state index contributed by atoms with van der Waals surface area (Å²) >= 11 is 0. The number of nitrogens with one attached hydrogen (secondary N) is 1. The molecule has 0 bridgehead atoms. The first-order valence-electron chi connectivity index (χ1n) is 10.7. The number of nitrogens with zero attached hydrogens (tertiary/aromatic N) is 5. The number of aromatic nitrogens is 5. The second-order valence-corrected chi connectivity index (χ2v) is 8.06. The Morgan fingerprint density at radius 1 is 1.03 bits per heavy atom. The van der Waals surface area contributed by atoms with E-state index in [1.807, 2.05) is 83.3 Å². The molecule has 8 heteroatoms. The Hall–Kier alpha value is -4.72. The third kappa shape index (κ3) is 3.61. The minimum absolute atomic E-state index is 0.214. The summed E-state index contributed by atoms with van der Waals surface area (Å²) in [5.74, 6) is 0.189. The molecule has 0 saturated heterocycles. The first-order valence-corrected chi connectivity index (χ1v) is 10.7. The Balaban J connectivity index is 1.66. The van der Waals surface area contributed by atoms with Gasteiger partial charge in [0, 0.05) is 35.6 Å². The van der Waals surface area contributed by atoms with Crippen LogP contribution in [0, 0.1) is 0 Å². The first kappa shape index (κ1) is 21.1. The molecule has 34 heavy (non-hydrogen) atoms. The number of fused-ring (bicyclic) bond motifs is 1. The molecule has 0 unspecified atom stereocenters. The quantitative estimate of drug-likeness (QED) is 0.382. The number of nitrogen functional groups attached to an aromatic ring is 1. The number of para-hydroxylation sites is 1. The fourth-order valence-corrected chi connectivity index (χ4v) is 4.02. The van der Waals surface area contributed by atoms with E-state index < -0.39 is 0 Å². The van der Waals surface area contributed by atoms with Crippen molar-refractivity contribution in [2.45, 2.75) is 6.92 Å². The lowest BCUT2D eigenvalue weighted by Gasteiger charge is -2.10. The summed E-state index contributed by atoms with van der Waals surface area (Å²) in [5, 5.41) is 8.18. The molecule has 0 aliphatic carbocycles. The van der Waals surface area contributed by atoms with Crippen LogP contribution < -0.4 is 11.1 Å². The van der Waals surface area contributed by atoms with Crippen LogP contribution in [-0.4, -0.2) is 30.2 Å². The van der Waals surface area contributed by atoms with E-state index >= 15 is 0 Å². The molecule has 0 spiro atoms. The Bertz CT molecular complexity index is 1530. The van der Waals surface area contributed by atoms with E-state index in [1.54, 1.807) is 6.92 Å². The van der Waals surface area contributed by atoms with Crippen molar-refractivity contribution in [2.75, 3.05) is 11.1 Å². The number of hydrogen-bond donors (Lipinski definition) is 2. The molecule has 2 aromatic carbocycles. The molecule has 0 aliphatic rings. The summed E-state index contributed by atoms with van der Waals surface area (Å²) in [4.78, 5) is 20.7. The number of rotatable bonds is 5. The van der Waals surface area contributed by atoms with Crippen LogP contribution in [0.25, 0.3) is 39.1 Å². The van der Waals surface area contributed by atoms with E-state index in [-0.39, 0.29) is 5.91 Å². The lowest BCUT2D eigenvalue weighted by atomic mass is 10.0. The second-order valence-electron chi connectivity index (χ2n) is 8.06. The van der Waals surface area contributed by atoms with Crippen LogP contribution in [0.5, 0.6) is 0 Å². The van der Waals surface area contributed by atoms with Crippen LogP contribution in [0.2, 0.25) is 0 Å². The first-order chi connectivity index (χ1) is 16.4. The number of benzene rings is 2. The monoisotopic (exact) mass is 449 g/mol. The molecule has 3 N–H and O–H groups in total. The molecule has 5 rings (SSSR count). The molecule has 0 atom stereocenters. The van der Waals surface area contributed by atoms with Gasteiger partial charge in [-0.25, -0.2) is 14.6 Å². The van der Waals surface area contributed by atoms with Gasteiger partial charge in [0.15, 0.2) is 0 Å². The van der Waals surface area contributed by atoms with Crippen LogP contribution in [0.4, 0.5) is 11.5 Å². The maximum atomic E-state index is 12.0. The predicted octanol–water partition coefficient (Wildman–Crippen LogP) is 4.58. The lowest BCUT2D eigenvalue weighted by Crippen LogP contribution is -2.11. The lowest BCUT2D eigenvalue weighted by molar-refractivity contribution is -0.112. The average Bonchev–Trinajstić information content (AvgIpc) is 3.44. The van der Waals surface area contributed by atoms with Gasteiger partial charge in [-0.2, -0.15) is 5.10 Å². The highest BCUT2D eigenvalue weighted by molar-refractivity contribution is 6.08. The molecule has 3 heterocycles. The summed E-state index contributed by atoms with van der Waals surface area (Å²) < 4.78 is 3.83. The van der Waals surface area contributed by atoms with Crippen molar-refractivity contribution in [3.63, 3.8) is 0 Å². The van der Waals surface area contributed by atoms with E-state index in [4.69, 9.17) is 5.73 Å². The van der Waals surface area contributed by atoms with Crippen molar-refractivity contribution < 1.29 is 4.79 Å². The van der Waals surface area contributed by atoms with Gasteiger partial charge in [-0.3, -0.25) is 4.79 Å². The number of hydrogen-bond acceptors (Lipinski definition) is 5. The Labute approximate surface area is 196 Å². The fraction of sp³-hybridized carbons (Fsp3) is 0.0769. The minimum atomic E-state index is -0.214. The highest BCUT2D eigenvalue weighted by Gasteiger charge is 2.23. The van der Waals surface area contributed by atoms with Crippen molar-refractivity contribution in [2.24, 2.45) is 7.05 Å². The Morgan fingerprint density at radius 2 is 1.76 bits per heavy atom. The zero-order valence-electron chi connectivity index (χ0n) is 18.9. The van der Waals surface area contributed by atoms with Crippen LogP contribution >= 0.6 is 0 Å². The summed E-state index contributed by atoms with van der Waals surface area (Å²) in [7, 11) is 1.95. The molecule has 1 amide bonds. The number of aryl methyl sites for hydroxylation is 1. The molecule has 3 aromatic heterocycles. The molecule has 5 aromatic rings. The van der Waals surface area contributed by atoms with Crippen molar-refractivity contribution in [1.82, 2.24) is 24.3 Å². The van der Waals surface area contributed by atoms with Gasteiger partial charge in [0.05, 0.1) is 23.0 Å². The predicted molar refractivity (Wildman–Crippen MR) is 134 cm³/mol. The topological polar surface area (TPSA) is 104 Å². The van der Waals surface area contributed by atoms with Gasteiger partial charge in [0.2, 0.25) is 0 Å². The number of carbonyl (C=O) groups is 1. The van der Waals surface area contributed by atoms with Gasteiger partial charge in [-0.05, 0) is 36.8 Å². The second kappa shape index (κ2) is 8.32. The van der Waals surface area contributed by atoms with Crippen LogP contribution in [0.1, 0.15) is 6.92 Å². The third-order valence-electron chi connectivity index (χ3n) is 5.69. The van der Waals surface area contributed by atoms with Crippen molar-refractivity contribution in [1.29, 1.82) is 0 Å². The summed E-state index contributed by atoms with van der Waals surface area (Å²) in [5.41, 5.74) is 12.8. The SMILES string of the molecule is C=C(C)C(=O)Nc1ccc(-c2c(-c3cnn(-c4ccccc4)c3)c3c(N)ncnc3n2C)cc1. The number of amides is 1. The molecule has 0 aliphatic heterocycles. The van der Waals surface area contributed by atoms with Gasteiger partial charge in [-0.15, -0.1) is 0 Å². The average molecular weight is 450 g/mol. The highest BCUT2D eigenvalue weighted by Crippen LogP contribution is 2.41. The minimum Gasteiger partial charge on any atom is -0.383 e. The van der Waals surface area contributed by atoms with E-state index in [2.05, 4.69) is 27.0 Å². The van der Waals surface area contributed by atoms with Crippen LogP contribution in [0.3, 0.4) is 0 Å². The van der Waals surface area contributed by atoms with E-state index in [0.29, 0.717) is 17.1 Å². The largest absolute Gasteiger partial charge is 0.383 e. The van der Waals surface area contributed by atoms with Crippen LogP contribution in [0.15, 0.2) is 85.5 Å². The zero-order valence-corrected chi connectivity index (χ0v) is 18.9. The Kier molecular flexibility index (Phi) is 5.18. The smallest absolute Gasteiger partial charge is 0.250 e. The maximum Gasteiger partial charge on any atom is 0.250 e. The van der Waals surface area contributed by atoms with Gasteiger partial charge >= 0.3 is 0 Å². The molecular weight excluding hydrogens is 426 g/mol. The van der Waals surface area contributed by atoms with Gasteiger partial charge in [0.25, 0.3) is 5.91 Å². The normalized spacial score (nSPS) is 11.0. The number of carbonyl (C=O) groups excluding carboxylic acids is 1. The zero-order chi connectivity index (χ0) is 23.8.